The van der Waals surface area contributed by atoms with Crippen LogP contribution in [-0.2, 0) is 13.1 Å². The maximum Gasteiger partial charge on any atom is 0.167 e. The van der Waals surface area contributed by atoms with Crippen LogP contribution >= 0.6 is 0 Å². The molecule has 0 bridgehead atoms. The molecule has 2 rings (SSSR count). The molecule has 7 heteroatoms. The first kappa shape index (κ1) is 13.1. The Balaban J connectivity index is 2.15. The molecule has 0 unspecified atom stereocenters. The fourth-order valence-electron chi connectivity index (χ4n) is 1.73. The summed E-state index contributed by atoms with van der Waals surface area (Å²) in [5.74, 6) is 0.445. The molecule has 0 amide bonds. The smallest absolute Gasteiger partial charge is 0.167 e. The van der Waals surface area contributed by atoms with Gasteiger partial charge in [0.25, 0.3) is 0 Å². The zero-order valence-corrected chi connectivity index (χ0v) is 10.9. The van der Waals surface area contributed by atoms with Gasteiger partial charge in [0.1, 0.15) is 6.33 Å². The second-order valence-electron chi connectivity index (χ2n) is 3.96. The standard InChI is InChI=1S/C12H16FN5O/c1-3-18-7-16-17-12(18)6-15-10-5-11(19-2)8(13)4-9(10)14/h4-5,7,15H,3,6,14H2,1-2H3. The summed E-state index contributed by atoms with van der Waals surface area (Å²) in [6.07, 6.45) is 1.66. The van der Waals surface area contributed by atoms with Crippen LogP contribution in [0.2, 0.25) is 0 Å². The molecule has 3 N–H and O–H groups in total. The van der Waals surface area contributed by atoms with Crippen molar-refractivity contribution in [2.24, 2.45) is 0 Å². The van der Waals surface area contributed by atoms with Crippen molar-refractivity contribution in [1.82, 2.24) is 14.8 Å². The highest BCUT2D eigenvalue weighted by atomic mass is 19.1. The van der Waals surface area contributed by atoms with Crippen LogP contribution in [0.15, 0.2) is 18.5 Å². The molecule has 0 atom stereocenters. The fourth-order valence-corrected chi connectivity index (χ4v) is 1.73. The van der Waals surface area contributed by atoms with Gasteiger partial charge in [-0.2, -0.15) is 0 Å². The number of anilines is 2. The molecule has 0 spiro atoms. The molecule has 6 nitrogen and oxygen atoms in total. The normalized spacial score (nSPS) is 10.5. The summed E-state index contributed by atoms with van der Waals surface area (Å²) in [7, 11) is 1.41. The summed E-state index contributed by atoms with van der Waals surface area (Å²) in [5, 5.41) is 10.9. The summed E-state index contributed by atoms with van der Waals surface area (Å²) in [5.41, 5.74) is 6.68. The van der Waals surface area contributed by atoms with Crippen molar-refractivity contribution in [1.29, 1.82) is 0 Å². The van der Waals surface area contributed by atoms with E-state index in [0.717, 1.165) is 12.4 Å². The molecule has 0 radical (unpaired) electrons. The highest BCUT2D eigenvalue weighted by molar-refractivity contribution is 5.68. The van der Waals surface area contributed by atoms with Crippen LogP contribution < -0.4 is 15.8 Å². The van der Waals surface area contributed by atoms with Crippen molar-refractivity contribution in [3.8, 4) is 5.75 Å². The van der Waals surface area contributed by atoms with Gasteiger partial charge in [0.2, 0.25) is 0 Å². The lowest BCUT2D eigenvalue weighted by molar-refractivity contribution is 0.387. The van der Waals surface area contributed by atoms with E-state index in [1.165, 1.54) is 19.2 Å². The lowest BCUT2D eigenvalue weighted by atomic mass is 10.2. The van der Waals surface area contributed by atoms with Gasteiger partial charge >= 0.3 is 0 Å². The van der Waals surface area contributed by atoms with Gasteiger partial charge in [-0.05, 0) is 6.92 Å². The number of hydrogen-bond acceptors (Lipinski definition) is 5. The third kappa shape index (κ3) is 2.75. The molecule has 1 heterocycles. The second-order valence-corrected chi connectivity index (χ2v) is 3.96. The van der Waals surface area contributed by atoms with Crippen LogP contribution in [0.3, 0.4) is 0 Å². The van der Waals surface area contributed by atoms with Crippen LogP contribution in [0.1, 0.15) is 12.7 Å². The molecule has 2 aromatic rings. The van der Waals surface area contributed by atoms with Gasteiger partial charge in [-0.1, -0.05) is 0 Å². The SMILES string of the molecule is CCn1cnnc1CNc1cc(OC)c(F)cc1N. The lowest BCUT2D eigenvalue weighted by Crippen LogP contribution is -2.09. The number of rotatable bonds is 5. The van der Waals surface area contributed by atoms with Gasteiger partial charge in [0, 0.05) is 18.7 Å². The van der Waals surface area contributed by atoms with Crippen LogP contribution in [0, 0.1) is 5.82 Å². The second kappa shape index (κ2) is 5.55. The van der Waals surface area contributed by atoms with Crippen molar-refractivity contribution >= 4 is 11.4 Å². The first-order valence-corrected chi connectivity index (χ1v) is 5.89. The van der Waals surface area contributed by atoms with Crippen LogP contribution in [0.4, 0.5) is 15.8 Å². The maximum atomic E-state index is 13.4. The number of benzene rings is 1. The Hall–Kier alpha value is -2.31. The molecule has 0 aliphatic heterocycles. The number of nitrogens with zero attached hydrogens (tertiary/aromatic N) is 3. The van der Waals surface area contributed by atoms with Crippen molar-refractivity contribution in [2.75, 3.05) is 18.2 Å². The van der Waals surface area contributed by atoms with E-state index in [2.05, 4.69) is 15.5 Å². The predicted molar refractivity (Wildman–Crippen MR) is 70.4 cm³/mol. The topological polar surface area (TPSA) is 78.0 Å². The Labute approximate surface area is 110 Å². The predicted octanol–water partition coefficient (Wildman–Crippen LogP) is 1.64. The average molecular weight is 265 g/mol. The molecule has 102 valence electrons. The average Bonchev–Trinajstić information content (AvgIpc) is 2.85. The van der Waals surface area contributed by atoms with Gasteiger partial charge in [-0.3, -0.25) is 0 Å². The zero-order chi connectivity index (χ0) is 13.8. The molecule has 0 saturated heterocycles. The maximum absolute atomic E-state index is 13.4. The summed E-state index contributed by atoms with van der Waals surface area (Å²) in [6, 6.07) is 2.75. The molecule has 1 aromatic carbocycles. The fraction of sp³-hybridized carbons (Fsp3) is 0.333. The lowest BCUT2D eigenvalue weighted by Gasteiger charge is -2.11. The molecule has 0 aliphatic carbocycles. The minimum absolute atomic E-state index is 0.147. The third-order valence-corrected chi connectivity index (χ3v) is 2.80. The van der Waals surface area contributed by atoms with Gasteiger partial charge in [0.05, 0.1) is 25.0 Å². The van der Waals surface area contributed by atoms with E-state index < -0.39 is 5.82 Å². The molecule has 0 aliphatic rings. The number of aryl methyl sites for hydroxylation is 1. The summed E-state index contributed by atoms with van der Waals surface area (Å²) >= 11 is 0. The van der Waals surface area contributed by atoms with Gasteiger partial charge in [-0.25, -0.2) is 4.39 Å². The van der Waals surface area contributed by atoms with Crippen molar-refractivity contribution in [3.05, 3.63) is 30.1 Å². The minimum Gasteiger partial charge on any atom is -0.494 e. The first-order valence-electron chi connectivity index (χ1n) is 5.89. The quantitative estimate of drug-likeness (QED) is 0.803. The summed E-state index contributed by atoms with van der Waals surface area (Å²) < 4.78 is 20.2. The Morgan fingerprint density at radius 2 is 2.26 bits per heavy atom. The summed E-state index contributed by atoms with van der Waals surface area (Å²) in [6.45, 7) is 3.24. The monoisotopic (exact) mass is 265 g/mol. The number of methoxy groups -OCH3 is 1. The van der Waals surface area contributed by atoms with Gasteiger partial charge in [0.15, 0.2) is 17.4 Å². The minimum atomic E-state index is -0.484. The molecular weight excluding hydrogens is 249 g/mol. The Kier molecular flexibility index (Phi) is 3.84. The zero-order valence-electron chi connectivity index (χ0n) is 10.9. The molecular formula is C12H16FN5O. The molecule has 19 heavy (non-hydrogen) atoms. The third-order valence-electron chi connectivity index (χ3n) is 2.80. The van der Waals surface area contributed by atoms with E-state index in [1.807, 2.05) is 11.5 Å². The summed E-state index contributed by atoms with van der Waals surface area (Å²) in [4.78, 5) is 0. The van der Waals surface area contributed by atoms with E-state index >= 15 is 0 Å². The van der Waals surface area contributed by atoms with E-state index in [1.54, 1.807) is 6.33 Å². The number of halogens is 1. The number of aromatic nitrogens is 3. The Morgan fingerprint density at radius 3 is 2.95 bits per heavy atom. The molecule has 0 fully saturated rings. The number of nitrogens with two attached hydrogens (primary N) is 1. The van der Waals surface area contributed by atoms with E-state index in [-0.39, 0.29) is 5.75 Å². The van der Waals surface area contributed by atoms with Crippen molar-refractivity contribution in [3.63, 3.8) is 0 Å². The molecule has 0 saturated carbocycles. The van der Waals surface area contributed by atoms with Gasteiger partial charge in [-0.15, -0.1) is 10.2 Å². The van der Waals surface area contributed by atoms with Crippen molar-refractivity contribution in [2.45, 2.75) is 20.0 Å². The number of nitrogen functional groups attached to an aromatic ring is 1. The Bertz CT molecular complexity index is 569. The number of nitrogens with one attached hydrogen (secondary N) is 1. The highest BCUT2D eigenvalue weighted by Gasteiger charge is 2.09. The first-order chi connectivity index (χ1) is 9.15. The van der Waals surface area contributed by atoms with Crippen LogP contribution in [0.5, 0.6) is 5.75 Å². The van der Waals surface area contributed by atoms with Crippen molar-refractivity contribution < 1.29 is 9.13 Å². The number of ether oxygens (including phenoxy) is 1. The Morgan fingerprint density at radius 1 is 1.47 bits per heavy atom. The molecule has 1 aromatic heterocycles. The van der Waals surface area contributed by atoms with E-state index in [9.17, 15) is 4.39 Å². The largest absolute Gasteiger partial charge is 0.494 e. The van der Waals surface area contributed by atoms with Crippen LogP contribution in [-0.4, -0.2) is 21.9 Å². The highest BCUT2D eigenvalue weighted by Crippen LogP contribution is 2.28. The number of hydrogen-bond donors (Lipinski definition) is 2. The van der Waals surface area contributed by atoms with Crippen LogP contribution in [0.25, 0.3) is 0 Å². The van der Waals surface area contributed by atoms with E-state index in [4.69, 9.17) is 10.5 Å². The van der Waals surface area contributed by atoms with Gasteiger partial charge < -0.3 is 20.4 Å². The van der Waals surface area contributed by atoms with E-state index in [0.29, 0.717) is 17.9 Å².